The Kier molecular flexibility index (Phi) is 3.41. The predicted molar refractivity (Wildman–Crippen MR) is 81.7 cm³/mol. The van der Waals surface area contributed by atoms with Crippen molar-refractivity contribution in [1.82, 2.24) is 4.72 Å². The van der Waals surface area contributed by atoms with Gasteiger partial charge >= 0.3 is 0 Å². The summed E-state index contributed by atoms with van der Waals surface area (Å²) in [6.07, 6.45) is 5.45. The summed E-state index contributed by atoms with van der Waals surface area (Å²) in [4.78, 5) is 0.240. The van der Waals surface area contributed by atoms with Gasteiger partial charge in [0.1, 0.15) is 18.1 Å². The van der Waals surface area contributed by atoms with Crippen LogP contribution in [0.25, 0.3) is 0 Å². The summed E-state index contributed by atoms with van der Waals surface area (Å²) in [5, 5.41) is 3.35. The van der Waals surface area contributed by atoms with Crippen molar-refractivity contribution < 1.29 is 17.9 Å². The summed E-state index contributed by atoms with van der Waals surface area (Å²) in [6.45, 7) is 0.931. The van der Waals surface area contributed by atoms with E-state index in [0.717, 1.165) is 12.8 Å². The number of rotatable bonds is 1. The van der Waals surface area contributed by atoms with Crippen LogP contribution in [0.1, 0.15) is 32.1 Å². The maximum atomic E-state index is 12.6. The molecule has 6 nitrogen and oxygen atoms in total. The van der Waals surface area contributed by atoms with E-state index in [0.29, 0.717) is 36.3 Å². The zero-order chi connectivity index (χ0) is 15.2. The second kappa shape index (κ2) is 5.31. The number of anilines is 1. The van der Waals surface area contributed by atoms with Crippen molar-refractivity contribution in [3.05, 3.63) is 12.1 Å². The molecular formula is C15H20N2O4S. The highest BCUT2D eigenvalue weighted by atomic mass is 32.2. The quantitative estimate of drug-likeness (QED) is 0.827. The van der Waals surface area contributed by atoms with Gasteiger partial charge in [-0.1, -0.05) is 19.3 Å². The van der Waals surface area contributed by atoms with E-state index in [1.807, 2.05) is 0 Å². The minimum absolute atomic E-state index is 0.236. The van der Waals surface area contributed by atoms with Gasteiger partial charge in [0.2, 0.25) is 10.0 Å². The number of ether oxygens (including phenoxy) is 2. The van der Waals surface area contributed by atoms with Crippen LogP contribution in [0.15, 0.2) is 17.0 Å². The number of nitrogens with one attached hydrogen (secondary N) is 2. The van der Waals surface area contributed by atoms with E-state index >= 15 is 0 Å². The molecule has 1 aromatic carbocycles. The van der Waals surface area contributed by atoms with Crippen LogP contribution in [0.2, 0.25) is 0 Å². The maximum absolute atomic E-state index is 12.6. The van der Waals surface area contributed by atoms with Crippen molar-refractivity contribution in [2.24, 2.45) is 5.92 Å². The van der Waals surface area contributed by atoms with Crippen molar-refractivity contribution in [2.75, 3.05) is 18.5 Å². The lowest BCUT2D eigenvalue weighted by Crippen LogP contribution is -2.49. The van der Waals surface area contributed by atoms with Crippen LogP contribution in [0.3, 0.4) is 0 Å². The molecule has 4 rings (SSSR count). The molecule has 22 heavy (non-hydrogen) atoms. The normalized spacial score (nSPS) is 26.8. The maximum Gasteiger partial charge on any atom is 0.244 e. The van der Waals surface area contributed by atoms with Crippen molar-refractivity contribution in [2.45, 2.75) is 43.2 Å². The summed E-state index contributed by atoms with van der Waals surface area (Å²) in [6, 6.07) is 3.30. The fourth-order valence-corrected chi connectivity index (χ4v) is 4.90. The number of hydrogen-bond acceptors (Lipinski definition) is 5. The van der Waals surface area contributed by atoms with Gasteiger partial charge in [0, 0.05) is 12.1 Å². The Morgan fingerprint density at radius 2 is 1.68 bits per heavy atom. The van der Waals surface area contributed by atoms with Gasteiger partial charge in [-0.05, 0) is 18.8 Å². The number of sulfonamides is 1. The molecule has 0 radical (unpaired) electrons. The lowest BCUT2D eigenvalue weighted by molar-refractivity contribution is 0.171. The molecule has 7 heteroatoms. The second-order valence-electron chi connectivity index (χ2n) is 6.13. The van der Waals surface area contributed by atoms with Crippen LogP contribution in [-0.2, 0) is 10.0 Å². The minimum Gasteiger partial charge on any atom is -0.486 e. The highest BCUT2D eigenvalue weighted by Gasteiger charge is 2.35. The Balaban J connectivity index is 1.70. The molecule has 2 heterocycles. The summed E-state index contributed by atoms with van der Waals surface area (Å²) >= 11 is 0. The molecule has 0 aromatic heterocycles. The van der Waals surface area contributed by atoms with E-state index in [9.17, 15) is 8.42 Å². The van der Waals surface area contributed by atoms with E-state index in [4.69, 9.17) is 9.47 Å². The molecule has 0 spiro atoms. The number of benzene rings is 1. The van der Waals surface area contributed by atoms with Crippen LogP contribution in [0.4, 0.5) is 5.69 Å². The fourth-order valence-electron chi connectivity index (χ4n) is 3.51. The van der Waals surface area contributed by atoms with Crippen LogP contribution >= 0.6 is 0 Å². The topological polar surface area (TPSA) is 76.7 Å². The third kappa shape index (κ3) is 2.42. The van der Waals surface area contributed by atoms with E-state index in [1.54, 1.807) is 12.1 Å². The van der Waals surface area contributed by atoms with Crippen LogP contribution in [0, 0.1) is 5.92 Å². The lowest BCUT2D eigenvalue weighted by atomic mass is 9.87. The van der Waals surface area contributed by atoms with Gasteiger partial charge in [0.25, 0.3) is 0 Å². The van der Waals surface area contributed by atoms with Crippen LogP contribution in [0.5, 0.6) is 11.5 Å². The molecule has 120 valence electrons. The van der Waals surface area contributed by atoms with Crippen molar-refractivity contribution in [1.29, 1.82) is 0 Å². The average Bonchev–Trinajstić information content (AvgIpc) is 2.53. The van der Waals surface area contributed by atoms with Gasteiger partial charge in [-0.15, -0.1) is 0 Å². The second-order valence-corrected chi connectivity index (χ2v) is 7.82. The molecular weight excluding hydrogens is 304 g/mol. The molecule has 2 N–H and O–H groups in total. The van der Waals surface area contributed by atoms with E-state index < -0.39 is 10.0 Å². The van der Waals surface area contributed by atoms with Gasteiger partial charge in [0.15, 0.2) is 11.5 Å². The fraction of sp³-hybridized carbons (Fsp3) is 0.600. The SMILES string of the molecule is O=S1(=O)NC(C2CCCCC2)Nc2cc3c(cc21)OCCO3. The molecule has 2 aliphatic heterocycles. The molecule has 3 aliphatic rings. The van der Waals surface area contributed by atoms with Gasteiger partial charge in [-0.25, -0.2) is 8.42 Å². The summed E-state index contributed by atoms with van der Waals surface area (Å²) < 4.78 is 39.0. The largest absolute Gasteiger partial charge is 0.486 e. The van der Waals surface area contributed by atoms with Crippen molar-refractivity contribution in [3.8, 4) is 11.5 Å². The van der Waals surface area contributed by atoms with Gasteiger partial charge in [-0.2, -0.15) is 4.72 Å². The van der Waals surface area contributed by atoms with Gasteiger partial charge < -0.3 is 14.8 Å². The molecule has 0 saturated heterocycles. The predicted octanol–water partition coefficient (Wildman–Crippen LogP) is 2.07. The van der Waals surface area contributed by atoms with E-state index in [1.165, 1.54) is 19.3 Å². The molecule has 1 saturated carbocycles. The standard InChI is InChI=1S/C15H20N2O4S/c18-22(19)14-9-13-12(20-6-7-21-13)8-11(14)16-15(17-22)10-4-2-1-3-5-10/h8-10,15-17H,1-7H2. The Labute approximate surface area is 130 Å². The third-order valence-electron chi connectivity index (χ3n) is 4.65. The molecule has 0 amide bonds. The summed E-state index contributed by atoms with van der Waals surface area (Å²) in [5.41, 5.74) is 0.610. The van der Waals surface area contributed by atoms with Gasteiger partial charge in [0.05, 0.1) is 11.9 Å². The molecule has 1 atom stereocenters. The highest BCUT2D eigenvalue weighted by molar-refractivity contribution is 7.89. The van der Waals surface area contributed by atoms with Crippen molar-refractivity contribution in [3.63, 3.8) is 0 Å². The highest BCUT2D eigenvalue weighted by Crippen LogP contribution is 2.40. The Hall–Kier alpha value is -1.47. The van der Waals surface area contributed by atoms with Crippen LogP contribution < -0.4 is 19.5 Å². The molecule has 1 aliphatic carbocycles. The number of fused-ring (bicyclic) bond motifs is 2. The Morgan fingerprint density at radius 3 is 2.41 bits per heavy atom. The Bertz CT molecular complexity index is 683. The third-order valence-corrected chi connectivity index (χ3v) is 6.13. The zero-order valence-corrected chi connectivity index (χ0v) is 13.1. The first-order chi connectivity index (χ1) is 10.6. The van der Waals surface area contributed by atoms with E-state index in [-0.39, 0.29) is 11.1 Å². The van der Waals surface area contributed by atoms with Crippen molar-refractivity contribution >= 4 is 15.7 Å². The summed E-state index contributed by atoms with van der Waals surface area (Å²) in [7, 11) is -3.52. The first kappa shape index (κ1) is 14.1. The lowest BCUT2D eigenvalue weighted by Gasteiger charge is -2.36. The zero-order valence-electron chi connectivity index (χ0n) is 12.3. The smallest absolute Gasteiger partial charge is 0.244 e. The van der Waals surface area contributed by atoms with E-state index in [2.05, 4.69) is 10.0 Å². The van der Waals surface area contributed by atoms with Crippen LogP contribution in [-0.4, -0.2) is 27.8 Å². The first-order valence-electron chi connectivity index (χ1n) is 7.86. The average molecular weight is 324 g/mol. The molecule has 1 unspecified atom stereocenters. The summed E-state index contributed by atoms with van der Waals surface area (Å²) in [5.74, 6) is 1.44. The first-order valence-corrected chi connectivity index (χ1v) is 9.34. The molecule has 0 bridgehead atoms. The molecule has 1 fully saturated rings. The van der Waals surface area contributed by atoms with Gasteiger partial charge in [-0.3, -0.25) is 0 Å². The molecule has 1 aromatic rings. The monoisotopic (exact) mass is 324 g/mol. The number of hydrogen-bond donors (Lipinski definition) is 2. The Morgan fingerprint density at radius 1 is 1.00 bits per heavy atom. The minimum atomic E-state index is -3.52.